The molecule has 0 radical (unpaired) electrons. The highest BCUT2D eigenvalue weighted by Crippen LogP contribution is 2.43. The number of nitrogens with two attached hydrogens (primary N) is 4. The number of aromatic nitrogens is 24. The van der Waals surface area contributed by atoms with Gasteiger partial charge in [-0.3, -0.25) is 48.3 Å². The zero-order valence-corrected chi connectivity index (χ0v) is 80.2. The Morgan fingerprint density at radius 3 is 1.09 bits per heavy atom. The van der Waals surface area contributed by atoms with Gasteiger partial charge in [0.2, 0.25) is 11.8 Å². The summed E-state index contributed by atoms with van der Waals surface area (Å²) in [5.74, 6) is 14.0. The lowest BCUT2D eigenvalue weighted by molar-refractivity contribution is -0.130. The smallest absolute Gasteiger partial charge is 0.244 e. The fraction of sp³-hybridized carbons (Fsp3) is 0.223. The van der Waals surface area contributed by atoms with Crippen molar-refractivity contribution >= 4 is 196 Å². The van der Waals surface area contributed by atoms with Crippen LogP contribution in [0.1, 0.15) is 79.5 Å². The third-order valence-corrected chi connectivity index (χ3v) is 30.4. The third-order valence-electron chi connectivity index (χ3n) is 26.2. The Hall–Kier alpha value is -16.9. The molecule has 716 valence electrons. The van der Waals surface area contributed by atoms with E-state index < -0.39 is 42.7 Å². The first-order valence-corrected chi connectivity index (χ1v) is 51.1. The second-order valence-electron chi connectivity index (χ2n) is 35.5. The van der Waals surface area contributed by atoms with E-state index in [1.807, 2.05) is 123 Å². The van der Waals surface area contributed by atoms with Gasteiger partial charge in [0.15, 0.2) is 23.3 Å². The molecule has 48 heteroatoms. The maximum atomic E-state index is 12.5. The van der Waals surface area contributed by atoms with E-state index in [2.05, 4.69) is 153 Å². The topological polar surface area (TPSA) is 580 Å². The van der Waals surface area contributed by atoms with Gasteiger partial charge in [-0.25, -0.2) is 66.7 Å². The van der Waals surface area contributed by atoms with Crippen molar-refractivity contribution in [2.75, 3.05) is 83.2 Å². The van der Waals surface area contributed by atoms with Gasteiger partial charge in [0.05, 0.1) is 114 Å². The number of anilines is 16. The van der Waals surface area contributed by atoms with E-state index in [1.165, 1.54) is 0 Å². The van der Waals surface area contributed by atoms with Crippen LogP contribution in [0.25, 0.3) is 88.1 Å². The van der Waals surface area contributed by atoms with Gasteiger partial charge in [-0.15, -0.1) is 0 Å². The van der Waals surface area contributed by atoms with E-state index in [0.29, 0.717) is 137 Å². The molecule has 0 aliphatic carbocycles. The summed E-state index contributed by atoms with van der Waals surface area (Å²) in [6, 6.07) is 23.5. The number of nitrogens with one attached hydrogen (secondary N) is 9. The van der Waals surface area contributed by atoms with E-state index in [-0.39, 0.29) is 24.9 Å². The molecular weight excluding hydrogens is 1890 g/mol. The summed E-state index contributed by atoms with van der Waals surface area (Å²) < 4.78 is 72.0. The SMILES string of the molecule is C=S1(=O)Cc2ncc(-c3cc4cc(Nc5cc6n(n5)Cc5nccn5CC6)ncc4c(N)n3)c(C)c2N1.Cc1c(-c2cc3cc(Nc4cc5n(n4)CC(=O)N(C)CC5)ncc3c(N)n2)cnc2c1NS(=O)C2.Cc1c(-c2cc3cc(Nc4cc5n(n4)CC(=O)NCC5)ncc3c(N)n2)cnc2c1NS(=O)C2.Cc1c(-c2cc3cc(Nc4cc5n(n4)Cc4nccn4CC5)ncc3c(N)n2)cnc2c1NS(=O)C2. The molecule has 0 saturated heterocycles. The van der Waals surface area contributed by atoms with Crippen molar-refractivity contribution in [3.05, 3.63) is 227 Å². The highest BCUT2D eigenvalue weighted by molar-refractivity contribution is 8.01. The lowest BCUT2D eigenvalue weighted by Gasteiger charge is -2.12. The van der Waals surface area contributed by atoms with Crippen LogP contribution >= 0.6 is 0 Å². The average molecular weight is 1980 g/mol. The molecule has 2 amide bonds. The van der Waals surface area contributed by atoms with Crippen molar-refractivity contribution in [3.8, 4) is 45.0 Å². The van der Waals surface area contributed by atoms with Crippen molar-refractivity contribution < 1.29 is 26.4 Å². The maximum Gasteiger partial charge on any atom is 0.244 e. The Kier molecular flexibility index (Phi) is 22.3. The summed E-state index contributed by atoms with van der Waals surface area (Å²) in [6.07, 6.45) is 24.7. The highest BCUT2D eigenvalue weighted by Gasteiger charge is 2.31. The fourth-order valence-corrected chi connectivity index (χ4v) is 23.2. The number of fused-ring (bicyclic) bond motifs is 14. The standard InChI is InChI=1S/C25H24N10OS.C24H22N10OS.C23H23N9O2S.C22H21N9O2S/c1-14-17(10-28-20-13-37(2,36)33-24(14)20)19-7-15-8-21(29-11-18(15)25(26)30-19)31-22-9-16-3-5-34-6-4-27-23(34)12-35(16)32-22;1-13-16(9-27-19-12-36(35)32-23(13)19)18-6-14-7-20(28-10-17(14)24(25)29-18)30-21-8-15-2-4-33-5-3-26-22(33)11-34(15)31-21;1-12-15(8-25-18-11-35(34)30-22(12)18)17-5-13-6-19(26-9-16(13)23(24)27-17)28-20-7-14-3-4-31(2)21(33)10-32(14)29-20;1-11-14(7-25-17-10-34(33)30-21(11)17)16-4-12-5-18(26-8-15(12)22(23)27-16)28-19-6-13-2-3-24-20(32)9-31(13)29-19/h4,6-11H,2-3,5,12-13H2,1H3,(H2,26,30)(H,33,36)(H,29,31,32);3,5-10,32H,2,4,11-12H2,1H3,(H2,25,29)(H,28,30,31);5-9,30H,3-4,10-11H2,1-2H3,(H2,24,27)(H,26,28,29);4-8,30H,2-3,9-10H2,1H3,(H2,23,27)(H,24,32)(H,26,28,29). The zero-order chi connectivity index (χ0) is 97.4. The monoisotopic (exact) mass is 1970 g/mol. The Morgan fingerprint density at radius 2 is 0.718 bits per heavy atom. The van der Waals surface area contributed by atoms with Crippen LogP contribution in [0.15, 0.2) is 147 Å². The molecule has 8 aliphatic rings. The average Bonchev–Trinajstić information content (AvgIpc) is 1.69. The number of pyridine rings is 12. The Balaban J connectivity index is 0.000000105. The number of amides is 2. The summed E-state index contributed by atoms with van der Waals surface area (Å²) in [5.41, 5.74) is 45.5. The van der Waals surface area contributed by atoms with Gasteiger partial charge in [-0.05, 0) is 126 Å². The molecule has 18 aromatic heterocycles. The van der Waals surface area contributed by atoms with Crippen LogP contribution in [-0.4, -0.2) is 178 Å². The molecule has 0 fully saturated rings. The van der Waals surface area contributed by atoms with Crippen molar-refractivity contribution in [3.63, 3.8) is 0 Å². The molecule has 4 unspecified atom stereocenters. The second kappa shape index (κ2) is 35.5. The number of carbonyl (C=O) groups is 2. The maximum absolute atomic E-state index is 12.5. The zero-order valence-electron chi connectivity index (χ0n) is 76.9. The number of hydrogen-bond donors (Lipinski definition) is 13. The normalized spacial score (nSPS) is 17.1. The molecule has 8 aliphatic heterocycles. The minimum atomic E-state index is -2.41. The van der Waals surface area contributed by atoms with E-state index in [9.17, 15) is 26.4 Å². The van der Waals surface area contributed by atoms with Crippen LogP contribution in [0, 0.1) is 27.7 Å². The van der Waals surface area contributed by atoms with Crippen LogP contribution in [0.3, 0.4) is 0 Å². The molecule has 17 N–H and O–H groups in total. The molecule has 0 aromatic carbocycles. The molecule has 44 nitrogen and oxygen atoms in total. The number of aryl methyl sites for hydroxylation is 4. The number of likely N-dealkylation sites (N-methyl/N-ethyl adjacent to an activating group) is 1. The van der Waals surface area contributed by atoms with Gasteiger partial charge < -0.3 is 82.4 Å². The van der Waals surface area contributed by atoms with Crippen LogP contribution in [0.2, 0.25) is 0 Å². The lowest BCUT2D eigenvalue weighted by Crippen LogP contribution is -2.29. The molecule has 0 spiro atoms. The number of nitrogen functional groups attached to an aromatic ring is 4. The molecule has 142 heavy (non-hydrogen) atoms. The highest BCUT2D eigenvalue weighted by atomic mass is 32.2. The summed E-state index contributed by atoms with van der Waals surface area (Å²) in [6.45, 7) is 12.5. The van der Waals surface area contributed by atoms with E-state index >= 15 is 0 Å². The molecule has 0 saturated carbocycles. The number of hydrogen-bond acceptors (Lipinski definition) is 32. The number of imidazole rings is 2. The minimum Gasteiger partial charge on any atom is -0.383 e. The van der Waals surface area contributed by atoms with E-state index in [1.54, 1.807) is 70.9 Å². The lowest BCUT2D eigenvalue weighted by atomic mass is 10.0. The first kappa shape index (κ1) is 89.0. The van der Waals surface area contributed by atoms with Crippen LogP contribution in [-0.2, 0) is 140 Å². The van der Waals surface area contributed by atoms with Gasteiger partial charge in [0.25, 0.3) is 0 Å². The summed E-state index contributed by atoms with van der Waals surface area (Å²) in [5, 5.41) is 41.0. The second-order valence-corrected chi connectivity index (χ2v) is 41.2. The van der Waals surface area contributed by atoms with Gasteiger partial charge in [-0.2, -0.15) is 20.4 Å². The van der Waals surface area contributed by atoms with Gasteiger partial charge >= 0.3 is 0 Å². The van der Waals surface area contributed by atoms with Gasteiger partial charge in [0.1, 0.15) is 104 Å². The van der Waals surface area contributed by atoms with Crippen LogP contribution < -0.4 is 68.4 Å². The van der Waals surface area contributed by atoms with Crippen molar-refractivity contribution in [2.45, 2.75) is 116 Å². The van der Waals surface area contributed by atoms with Crippen LogP contribution in [0.5, 0.6) is 0 Å². The Morgan fingerprint density at radius 1 is 0.387 bits per heavy atom. The van der Waals surface area contributed by atoms with Crippen molar-refractivity contribution in [1.82, 2.24) is 128 Å². The number of nitrogens with zero attached hydrogens (tertiary/aromatic N) is 25. The fourth-order valence-electron chi connectivity index (χ4n) is 18.7. The predicted molar refractivity (Wildman–Crippen MR) is 547 cm³/mol. The number of rotatable bonds is 12. The van der Waals surface area contributed by atoms with Gasteiger partial charge in [0, 0.05) is 224 Å². The van der Waals surface area contributed by atoms with Crippen molar-refractivity contribution in [1.29, 1.82) is 0 Å². The summed E-state index contributed by atoms with van der Waals surface area (Å²) in [7, 11) is -4.04. The summed E-state index contributed by atoms with van der Waals surface area (Å²) >= 11 is 0. The Labute approximate surface area is 816 Å². The quantitative estimate of drug-likeness (QED) is 0.0506. The van der Waals surface area contributed by atoms with E-state index in [0.717, 1.165) is 212 Å². The molecule has 18 aromatic rings. The third kappa shape index (κ3) is 17.3. The Bertz CT molecular complexity index is 8560. The van der Waals surface area contributed by atoms with E-state index in [4.69, 9.17) is 33.1 Å². The first-order valence-electron chi connectivity index (χ1n) is 45.3. The van der Waals surface area contributed by atoms with Gasteiger partial charge in [-0.1, -0.05) is 0 Å². The molecule has 0 bridgehead atoms. The molecular formula is C94H90N38O6S4. The minimum absolute atomic E-state index is 0.0375. The largest absolute Gasteiger partial charge is 0.383 e. The molecule has 26 rings (SSSR count). The van der Waals surface area contributed by atoms with Crippen LogP contribution in [0.4, 0.5) is 92.6 Å². The molecule has 4 atom stereocenters. The first-order chi connectivity index (χ1) is 68.6. The molecule has 26 heterocycles. The predicted octanol–water partition coefficient (Wildman–Crippen LogP) is 9.70. The van der Waals surface area contributed by atoms with Crippen molar-refractivity contribution in [2.24, 2.45) is 0 Å². The number of carbonyl (C=O) groups excluding carboxylic acids is 2. The summed E-state index contributed by atoms with van der Waals surface area (Å²) in [4.78, 5) is 88.9.